The maximum Gasteiger partial charge on any atom is 0.272 e. The second kappa shape index (κ2) is 7.66. The van der Waals surface area contributed by atoms with E-state index in [1.54, 1.807) is 24.3 Å². The van der Waals surface area contributed by atoms with E-state index in [1.807, 2.05) is 19.9 Å². The lowest BCUT2D eigenvalue weighted by molar-refractivity contribution is 0.0701. The fourth-order valence-corrected chi connectivity index (χ4v) is 1.63. The molecule has 1 aromatic rings. The number of ether oxygens (including phenoxy) is 1. The minimum Gasteiger partial charge on any atom is -0.385 e. The van der Waals surface area contributed by atoms with Gasteiger partial charge in [-0.3, -0.25) is 9.78 Å². The molecular formula is C13H21N3O2. The predicted octanol–water partition coefficient (Wildman–Crippen LogP) is 1.62. The third kappa shape index (κ3) is 4.00. The number of methoxy groups -OCH3 is 1. The first-order valence-electron chi connectivity index (χ1n) is 6.21. The Morgan fingerprint density at radius 2 is 2.28 bits per heavy atom. The van der Waals surface area contributed by atoms with Crippen molar-refractivity contribution in [2.45, 2.75) is 13.8 Å². The molecule has 1 aromatic heterocycles. The summed E-state index contributed by atoms with van der Waals surface area (Å²) in [5, 5.41) is 3.17. The monoisotopic (exact) mass is 251 g/mol. The first-order valence-corrected chi connectivity index (χ1v) is 6.21. The molecule has 0 aromatic carbocycles. The third-order valence-corrected chi connectivity index (χ3v) is 2.59. The quantitative estimate of drug-likeness (QED) is 0.800. The fourth-order valence-electron chi connectivity index (χ4n) is 1.63. The number of pyridine rings is 1. The molecule has 1 amide bonds. The molecule has 0 unspecified atom stereocenters. The van der Waals surface area contributed by atoms with Gasteiger partial charge in [0.1, 0.15) is 5.69 Å². The van der Waals surface area contributed by atoms with Crippen LogP contribution in [0.25, 0.3) is 0 Å². The van der Waals surface area contributed by atoms with Crippen LogP contribution < -0.4 is 5.32 Å². The van der Waals surface area contributed by atoms with Crippen LogP contribution in [0.4, 0.5) is 5.69 Å². The number of carbonyl (C=O) groups is 1. The lowest BCUT2D eigenvalue weighted by Crippen LogP contribution is -2.34. The van der Waals surface area contributed by atoms with Gasteiger partial charge in [0.15, 0.2) is 0 Å². The highest BCUT2D eigenvalue weighted by Gasteiger charge is 2.15. The molecule has 18 heavy (non-hydrogen) atoms. The lowest BCUT2D eigenvalue weighted by atomic mass is 10.2. The minimum absolute atomic E-state index is 0.0608. The molecule has 0 atom stereocenters. The first-order chi connectivity index (χ1) is 8.72. The smallest absolute Gasteiger partial charge is 0.272 e. The van der Waals surface area contributed by atoms with E-state index in [0.29, 0.717) is 25.4 Å². The molecule has 5 heteroatoms. The summed E-state index contributed by atoms with van der Waals surface area (Å²) in [7, 11) is 1.63. The maximum atomic E-state index is 12.2. The standard InChI is InChI=1S/C13H21N3O2/c1-4-14-11-6-7-15-12(10-11)13(17)16(5-2)8-9-18-3/h6-7,10H,4-5,8-9H2,1-3H3,(H,14,15). The maximum absolute atomic E-state index is 12.2. The van der Waals surface area contributed by atoms with Gasteiger partial charge >= 0.3 is 0 Å². The summed E-state index contributed by atoms with van der Waals surface area (Å²) >= 11 is 0. The van der Waals surface area contributed by atoms with Crippen LogP contribution in [0.15, 0.2) is 18.3 Å². The second-order valence-corrected chi connectivity index (χ2v) is 3.84. The summed E-state index contributed by atoms with van der Waals surface area (Å²) < 4.78 is 5.00. The molecule has 1 N–H and O–H groups in total. The summed E-state index contributed by atoms with van der Waals surface area (Å²) in [6.45, 7) is 6.54. The molecule has 0 radical (unpaired) electrons. The molecule has 0 aliphatic heterocycles. The first kappa shape index (κ1) is 14.4. The predicted molar refractivity (Wildman–Crippen MR) is 71.9 cm³/mol. The van der Waals surface area contributed by atoms with Gasteiger partial charge < -0.3 is 15.0 Å². The molecule has 0 spiro atoms. The van der Waals surface area contributed by atoms with Crippen molar-refractivity contribution in [3.63, 3.8) is 0 Å². The Balaban J connectivity index is 2.77. The molecule has 0 aliphatic rings. The molecule has 0 saturated carbocycles. The van der Waals surface area contributed by atoms with Crippen LogP contribution >= 0.6 is 0 Å². The van der Waals surface area contributed by atoms with Crippen LogP contribution in [0.3, 0.4) is 0 Å². The van der Waals surface area contributed by atoms with Crippen LogP contribution in [0, 0.1) is 0 Å². The number of likely N-dealkylation sites (N-methyl/N-ethyl adjacent to an activating group) is 1. The topological polar surface area (TPSA) is 54.5 Å². The minimum atomic E-state index is -0.0608. The Bertz CT molecular complexity index is 382. The summed E-state index contributed by atoms with van der Waals surface area (Å²) in [5.74, 6) is -0.0608. The van der Waals surface area contributed by atoms with E-state index in [9.17, 15) is 4.79 Å². The van der Waals surface area contributed by atoms with Crippen molar-refractivity contribution in [1.82, 2.24) is 9.88 Å². The van der Waals surface area contributed by atoms with Crippen LogP contribution in [0.1, 0.15) is 24.3 Å². The van der Waals surface area contributed by atoms with Crippen molar-refractivity contribution in [1.29, 1.82) is 0 Å². The number of rotatable bonds is 7. The van der Waals surface area contributed by atoms with E-state index in [2.05, 4.69) is 10.3 Å². The second-order valence-electron chi connectivity index (χ2n) is 3.84. The highest BCUT2D eigenvalue weighted by Crippen LogP contribution is 2.09. The van der Waals surface area contributed by atoms with Crippen molar-refractivity contribution in [3.05, 3.63) is 24.0 Å². The normalized spacial score (nSPS) is 10.2. The number of nitrogens with one attached hydrogen (secondary N) is 1. The van der Waals surface area contributed by atoms with Crippen molar-refractivity contribution in [3.8, 4) is 0 Å². The van der Waals surface area contributed by atoms with Crippen molar-refractivity contribution in [2.24, 2.45) is 0 Å². The molecule has 0 saturated heterocycles. The average Bonchev–Trinajstić information content (AvgIpc) is 2.40. The van der Waals surface area contributed by atoms with Gasteiger partial charge in [0, 0.05) is 38.6 Å². The molecule has 1 rings (SSSR count). The molecule has 0 bridgehead atoms. The van der Waals surface area contributed by atoms with E-state index in [-0.39, 0.29) is 5.91 Å². The van der Waals surface area contributed by atoms with Crippen molar-refractivity contribution >= 4 is 11.6 Å². The van der Waals surface area contributed by atoms with Gasteiger partial charge in [-0.05, 0) is 26.0 Å². The zero-order valence-electron chi connectivity index (χ0n) is 11.3. The van der Waals surface area contributed by atoms with Crippen LogP contribution in [0.2, 0.25) is 0 Å². The van der Waals surface area contributed by atoms with Gasteiger partial charge in [0.05, 0.1) is 6.61 Å². The Hall–Kier alpha value is -1.62. The van der Waals surface area contributed by atoms with E-state index >= 15 is 0 Å². The highest BCUT2D eigenvalue weighted by molar-refractivity contribution is 5.93. The van der Waals surface area contributed by atoms with E-state index < -0.39 is 0 Å². The molecule has 5 nitrogen and oxygen atoms in total. The number of hydrogen-bond acceptors (Lipinski definition) is 4. The number of nitrogens with zero attached hydrogens (tertiary/aromatic N) is 2. The average molecular weight is 251 g/mol. The van der Waals surface area contributed by atoms with E-state index in [1.165, 1.54) is 0 Å². The molecule has 100 valence electrons. The fraction of sp³-hybridized carbons (Fsp3) is 0.538. The number of anilines is 1. The number of hydrogen-bond donors (Lipinski definition) is 1. The van der Waals surface area contributed by atoms with Gasteiger partial charge in [0.2, 0.25) is 0 Å². The van der Waals surface area contributed by atoms with Crippen molar-refractivity contribution < 1.29 is 9.53 Å². The lowest BCUT2D eigenvalue weighted by Gasteiger charge is -2.20. The summed E-state index contributed by atoms with van der Waals surface area (Å²) in [6.07, 6.45) is 1.65. The van der Waals surface area contributed by atoms with Crippen LogP contribution in [-0.4, -0.2) is 49.1 Å². The van der Waals surface area contributed by atoms with Gasteiger partial charge in [-0.2, -0.15) is 0 Å². The zero-order valence-corrected chi connectivity index (χ0v) is 11.3. The summed E-state index contributed by atoms with van der Waals surface area (Å²) in [4.78, 5) is 18.1. The third-order valence-electron chi connectivity index (χ3n) is 2.59. The van der Waals surface area contributed by atoms with Gasteiger partial charge in [-0.15, -0.1) is 0 Å². The van der Waals surface area contributed by atoms with Gasteiger partial charge in [-0.1, -0.05) is 0 Å². The Morgan fingerprint density at radius 3 is 2.89 bits per heavy atom. The van der Waals surface area contributed by atoms with Gasteiger partial charge in [-0.25, -0.2) is 0 Å². The Kier molecular flexibility index (Phi) is 6.14. The number of aromatic nitrogens is 1. The van der Waals surface area contributed by atoms with E-state index in [4.69, 9.17) is 4.74 Å². The van der Waals surface area contributed by atoms with Gasteiger partial charge in [0.25, 0.3) is 5.91 Å². The van der Waals surface area contributed by atoms with E-state index in [0.717, 1.165) is 12.2 Å². The summed E-state index contributed by atoms with van der Waals surface area (Å²) in [5.41, 5.74) is 1.38. The Morgan fingerprint density at radius 1 is 1.50 bits per heavy atom. The largest absolute Gasteiger partial charge is 0.385 e. The SMILES string of the molecule is CCNc1ccnc(C(=O)N(CC)CCOC)c1. The molecule has 0 fully saturated rings. The molecule has 1 heterocycles. The molecule has 0 aliphatic carbocycles. The zero-order chi connectivity index (χ0) is 13.4. The molecular weight excluding hydrogens is 230 g/mol. The number of carbonyl (C=O) groups excluding carboxylic acids is 1. The Labute approximate surface area is 108 Å². The summed E-state index contributed by atoms with van der Waals surface area (Å²) in [6, 6.07) is 3.63. The van der Waals surface area contributed by atoms with Crippen molar-refractivity contribution in [2.75, 3.05) is 38.7 Å². The number of amides is 1. The van der Waals surface area contributed by atoms with Crippen LogP contribution in [0.5, 0.6) is 0 Å². The highest BCUT2D eigenvalue weighted by atomic mass is 16.5. The van der Waals surface area contributed by atoms with Crippen LogP contribution in [-0.2, 0) is 4.74 Å².